The van der Waals surface area contributed by atoms with E-state index in [1.54, 1.807) is 6.07 Å². The van der Waals surface area contributed by atoms with Gasteiger partial charge in [-0.25, -0.2) is 18.4 Å². The van der Waals surface area contributed by atoms with Crippen molar-refractivity contribution in [3.8, 4) is 6.07 Å². The molecule has 0 spiro atoms. The number of para-hydroxylation sites is 2. The summed E-state index contributed by atoms with van der Waals surface area (Å²) in [7, 11) is -4.00. The van der Waals surface area contributed by atoms with Crippen LogP contribution in [0.3, 0.4) is 0 Å². The second-order valence-electron chi connectivity index (χ2n) is 6.98. The number of fused-ring (bicyclic) bond motifs is 1. The van der Waals surface area contributed by atoms with Gasteiger partial charge in [-0.1, -0.05) is 23.7 Å². The molecular formula is C21H19ClN4O2S. The molecule has 6 nitrogen and oxygen atoms in total. The maximum atomic E-state index is 13.3. The Bertz CT molecular complexity index is 1180. The van der Waals surface area contributed by atoms with Crippen molar-refractivity contribution in [2.45, 2.75) is 29.4 Å². The average molecular weight is 427 g/mol. The van der Waals surface area contributed by atoms with Crippen LogP contribution >= 0.6 is 11.6 Å². The fourth-order valence-corrected chi connectivity index (χ4v) is 5.06. The van der Waals surface area contributed by atoms with Gasteiger partial charge >= 0.3 is 0 Å². The zero-order chi connectivity index (χ0) is 20.4. The number of nitrogens with zero attached hydrogens (tertiary/aromatic N) is 4. The second kappa shape index (κ2) is 7.97. The largest absolute Gasteiger partial charge is 0.355 e. The van der Waals surface area contributed by atoms with E-state index < -0.39 is 15.1 Å². The third-order valence-corrected chi connectivity index (χ3v) is 7.18. The minimum atomic E-state index is -4.00. The molecule has 3 aromatic rings. The number of anilines is 1. The highest BCUT2D eigenvalue weighted by Gasteiger charge is 2.35. The van der Waals surface area contributed by atoms with Crippen LogP contribution in [-0.4, -0.2) is 31.5 Å². The molecule has 1 fully saturated rings. The molecule has 0 unspecified atom stereocenters. The summed E-state index contributed by atoms with van der Waals surface area (Å²) >= 11 is 5.90. The normalized spacial score (nSPS) is 15.8. The van der Waals surface area contributed by atoms with Crippen LogP contribution in [0, 0.1) is 11.3 Å². The second-order valence-corrected chi connectivity index (χ2v) is 9.45. The molecule has 0 N–H and O–H groups in total. The van der Waals surface area contributed by atoms with Crippen LogP contribution in [0.15, 0.2) is 53.4 Å². The molecular weight excluding hydrogens is 408 g/mol. The summed E-state index contributed by atoms with van der Waals surface area (Å²) in [5.74, 6) is 0.479. The van der Waals surface area contributed by atoms with Crippen LogP contribution < -0.4 is 4.90 Å². The summed E-state index contributed by atoms with van der Waals surface area (Å²) in [6, 6.07) is 15.1. The smallest absolute Gasteiger partial charge is 0.200 e. The van der Waals surface area contributed by atoms with Gasteiger partial charge in [-0.3, -0.25) is 0 Å². The Balaban J connectivity index is 1.89. The van der Waals surface area contributed by atoms with Crippen molar-refractivity contribution in [3.05, 3.63) is 59.2 Å². The van der Waals surface area contributed by atoms with Crippen molar-refractivity contribution in [1.29, 1.82) is 5.26 Å². The van der Waals surface area contributed by atoms with Crippen LogP contribution in [0.5, 0.6) is 0 Å². The lowest BCUT2D eigenvalue weighted by atomic mass is 10.1. The van der Waals surface area contributed by atoms with Gasteiger partial charge in [-0.2, -0.15) is 5.26 Å². The molecule has 148 valence electrons. The minimum absolute atomic E-state index is 0.0352. The fraction of sp³-hybridized carbons (Fsp3) is 0.286. The number of hydrogen-bond acceptors (Lipinski definition) is 6. The molecule has 0 aliphatic carbocycles. The lowest BCUT2D eigenvalue weighted by Gasteiger charge is -2.30. The van der Waals surface area contributed by atoms with Crippen LogP contribution in [-0.2, 0) is 9.84 Å². The quantitative estimate of drug-likeness (QED) is 0.617. The predicted molar refractivity (Wildman–Crippen MR) is 113 cm³/mol. The van der Waals surface area contributed by atoms with Gasteiger partial charge in [0.15, 0.2) is 11.1 Å². The maximum absolute atomic E-state index is 13.3. The molecule has 0 amide bonds. The summed E-state index contributed by atoms with van der Waals surface area (Å²) in [5, 5.41) is 8.85. The molecule has 2 aromatic carbocycles. The Morgan fingerprint density at radius 2 is 1.59 bits per heavy atom. The van der Waals surface area contributed by atoms with Crippen molar-refractivity contribution in [3.63, 3.8) is 0 Å². The van der Waals surface area contributed by atoms with Gasteiger partial charge in [-0.15, -0.1) is 0 Å². The number of nitriles is 1. The van der Waals surface area contributed by atoms with Gasteiger partial charge in [0.1, 0.15) is 5.69 Å². The third-order valence-electron chi connectivity index (χ3n) is 5.05. The summed E-state index contributed by atoms with van der Waals surface area (Å²) in [6.07, 6.45) is 3.11. The molecule has 4 rings (SSSR count). The number of hydrogen-bond donors (Lipinski definition) is 0. The average Bonchev–Trinajstić information content (AvgIpc) is 2.74. The highest BCUT2D eigenvalue weighted by molar-refractivity contribution is 7.92. The fourth-order valence-electron chi connectivity index (χ4n) is 3.56. The summed E-state index contributed by atoms with van der Waals surface area (Å²) in [4.78, 5) is 11.4. The maximum Gasteiger partial charge on any atom is 0.200 e. The van der Waals surface area contributed by atoms with Gasteiger partial charge in [0.25, 0.3) is 0 Å². The van der Waals surface area contributed by atoms with Crippen LogP contribution in [0.1, 0.15) is 30.2 Å². The van der Waals surface area contributed by atoms with E-state index in [0.29, 0.717) is 21.9 Å². The Morgan fingerprint density at radius 1 is 0.966 bits per heavy atom. The van der Waals surface area contributed by atoms with E-state index in [-0.39, 0.29) is 10.6 Å². The zero-order valence-corrected chi connectivity index (χ0v) is 17.2. The molecule has 1 saturated heterocycles. The third kappa shape index (κ3) is 3.78. The number of sulfone groups is 1. The zero-order valence-electron chi connectivity index (χ0n) is 15.6. The predicted octanol–water partition coefficient (Wildman–Crippen LogP) is 4.31. The molecule has 2 heterocycles. The van der Waals surface area contributed by atoms with Gasteiger partial charge in [0.2, 0.25) is 9.84 Å². The summed E-state index contributed by atoms with van der Waals surface area (Å²) in [5.41, 5.74) is 1.43. The first-order valence-corrected chi connectivity index (χ1v) is 11.3. The summed E-state index contributed by atoms with van der Waals surface area (Å²) in [6.45, 7) is 1.53. The molecule has 1 aliphatic rings. The topological polar surface area (TPSA) is 86.9 Å². The van der Waals surface area contributed by atoms with Crippen LogP contribution in [0.2, 0.25) is 5.02 Å². The van der Waals surface area contributed by atoms with Crippen molar-refractivity contribution >= 4 is 38.3 Å². The molecule has 1 atom stereocenters. The highest BCUT2D eigenvalue weighted by atomic mass is 35.5. The summed E-state index contributed by atoms with van der Waals surface area (Å²) < 4.78 is 26.6. The lowest BCUT2D eigenvalue weighted by Crippen LogP contribution is -2.32. The first-order chi connectivity index (χ1) is 14.0. The Hall–Kier alpha value is -2.69. The Kier molecular flexibility index (Phi) is 5.39. The van der Waals surface area contributed by atoms with Crippen molar-refractivity contribution in [2.75, 3.05) is 18.0 Å². The van der Waals surface area contributed by atoms with E-state index in [9.17, 15) is 13.7 Å². The number of rotatable bonds is 4. The molecule has 1 aromatic heterocycles. The highest BCUT2D eigenvalue weighted by Crippen LogP contribution is 2.35. The molecule has 8 heteroatoms. The molecule has 29 heavy (non-hydrogen) atoms. The van der Waals surface area contributed by atoms with Gasteiger partial charge in [-0.05, 0) is 55.7 Å². The SMILES string of the molecule is N#C[C@H](c1nc2ccccc2nc1N1CCCCC1)S(=O)(=O)c1ccc(Cl)cc1. The first-order valence-electron chi connectivity index (χ1n) is 9.41. The first kappa shape index (κ1) is 19.6. The van der Waals surface area contributed by atoms with E-state index >= 15 is 0 Å². The Labute approximate surface area is 174 Å². The standard InChI is InChI=1S/C21H19ClN4O2S/c22-15-8-10-16(11-9-15)29(27,28)19(14-23)20-21(26-12-4-1-5-13-26)25-18-7-3-2-6-17(18)24-20/h2-3,6-11,19H,1,4-5,12-13H2/t19-/m1/s1. The van der Waals surface area contributed by atoms with Gasteiger partial charge < -0.3 is 4.90 Å². The number of piperidine rings is 1. The minimum Gasteiger partial charge on any atom is -0.355 e. The van der Waals surface area contributed by atoms with Gasteiger partial charge in [0.05, 0.1) is 22.0 Å². The van der Waals surface area contributed by atoms with E-state index in [0.717, 1.165) is 32.4 Å². The molecule has 0 bridgehead atoms. The number of halogens is 1. The van der Waals surface area contributed by atoms with E-state index in [1.807, 2.05) is 29.2 Å². The molecule has 0 radical (unpaired) electrons. The Morgan fingerprint density at radius 3 is 2.21 bits per heavy atom. The van der Waals surface area contributed by atoms with Gasteiger partial charge in [0, 0.05) is 18.1 Å². The van der Waals surface area contributed by atoms with Crippen LogP contribution in [0.25, 0.3) is 11.0 Å². The molecule has 1 aliphatic heterocycles. The van der Waals surface area contributed by atoms with Crippen molar-refractivity contribution in [2.24, 2.45) is 0 Å². The van der Waals surface area contributed by atoms with E-state index in [2.05, 4.69) is 4.98 Å². The van der Waals surface area contributed by atoms with E-state index in [1.165, 1.54) is 24.3 Å². The number of aromatic nitrogens is 2. The molecule has 0 saturated carbocycles. The van der Waals surface area contributed by atoms with Crippen molar-refractivity contribution in [1.82, 2.24) is 9.97 Å². The monoisotopic (exact) mass is 426 g/mol. The van der Waals surface area contributed by atoms with Crippen LogP contribution in [0.4, 0.5) is 5.82 Å². The van der Waals surface area contributed by atoms with Crippen molar-refractivity contribution < 1.29 is 8.42 Å². The lowest BCUT2D eigenvalue weighted by molar-refractivity contribution is 0.569. The number of benzene rings is 2. The van der Waals surface area contributed by atoms with E-state index in [4.69, 9.17) is 16.6 Å².